The molecule has 0 bridgehead atoms. The second-order valence-electron chi connectivity index (χ2n) is 6.01. The van der Waals surface area contributed by atoms with Crippen LogP contribution in [0.25, 0.3) is 11.3 Å². The SMILES string of the molecule is Cc1ccccc1Nc1nc(-c2ccccc2)c(N=Nc2ccccc2)[se]1. The molecule has 3 aromatic carbocycles. The zero-order chi connectivity index (χ0) is 18.5. The Hall–Kier alpha value is -3.01. The Kier molecular flexibility index (Phi) is 5.24. The summed E-state index contributed by atoms with van der Waals surface area (Å²) in [5.74, 6) is 0. The Balaban J connectivity index is 1.71. The fourth-order valence-corrected chi connectivity index (χ4v) is 4.37. The Labute approximate surface area is 164 Å². The Bertz CT molecular complexity index is 1060. The summed E-state index contributed by atoms with van der Waals surface area (Å²) in [6.07, 6.45) is 0. The molecule has 5 heteroatoms. The maximum absolute atomic E-state index is 4.85. The van der Waals surface area contributed by atoms with Gasteiger partial charge in [-0.05, 0) is 0 Å². The molecule has 0 atom stereocenters. The molecular formula is C22H18N4Se. The molecule has 1 N–H and O–H groups in total. The summed E-state index contributed by atoms with van der Waals surface area (Å²) in [6.45, 7) is 2.09. The first-order valence-corrected chi connectivity index (χ1v) is 10.4. The standard InChI is InChI=1S/C22H18N4Se/c1-16-10-8-9-15-19(16)23-22-24-20(17-11-4-2-5-12-17)21(27-22)26-25-18-13-6-3-7-14-18/h2-15H,1H3,(H,23,24). The third-order valence-corrected chi connectivity index (χ3v) is 5.85. The molecule has 0 aliphatic heterocycles. The van der Waals surface area contributed by atoms with Gasteiger partial charge in [0.05, 0.1) is 0 Å². The number of nitrogens with one attached hydrogen (secondary N) is 1. The van der Waals surface area contributed by atoms with Crippen LogP contribution in [0.3, 0.4) is 0 Å². The average molecular weight is 417 g/mol. The van der Waals surface area contributed by atoms with Crippen molar-refractivity contribution < 1.29 is 0 Å². The molecule has 0 saturated heterocycles. The van der Waals surface area contributed by atoms with Crippen molar-refractivity contribution in [3.05, 3.63) is 90.5 Å². The van der Waals surface area contributed by atoms with Crippen LogP contribution in [0.15, 0.2) is 95.2 Å². The van der Waals surface area contributed by atoms with Gasteiger partial charge in [-0.1, -0.05) is 0 Å². The Morgan fingerprint density at radius 1 is 0.778 bits per heavy atom. The normalized spacial score (nSPS) is 11.0. The molecule has 27 heavy (non-hydrogen) atoms. The second kappa shape index (κ2) is 8.12. The van der Waals surface area contributed by atoms with Crippen LogP contribution in [0.1, 0.15) is 5.56 Å². The molecule has 4 nitrogen and oxygen atoms in total. The van der Waals surface area contributed by atoms with Crippen molar-refractivity contribution in [3.8, 4) is 11.3 Å². The van der Waals surface area contributed by atoms with Crippen molar-refractivity contribution in [2.75, 3.05) is 5.32 Å². The second-order valence-corrected chi connectivity index (χ2v) is 8.07. The van der Waals surface area contributed by atoms with Gasteiger partial charge >= 0.3 is 164 Å². The molecule has 4 aromatic rings. The minimum absolute atomic E-state index is 0.0360. The number of hydrogen-bond acceptors (Lipinski definition) is 4. The van der Waals surface area contributed by atoms with Crippen molar-refractivity contribution >= 4 is 35.1 Å². The number of rotatable bonds is 5. The molecule has 1 aromatic heterocycles. The molecule has 4 rings (SSSR count). The predicted molar refractivity (Wildman–Crippen MR) is 112 cm³/mol. The van der Waals surface area contributed by atoms with Crippen molar-refractivity contribution in [2.24, 2.45) is 10.2 Å². The summed E-state index contributed by atoms with van der Waals surface area (Å²) < 4.78 is 1.87. The topological polar surface area (TPSA) is 49.6 Å². The minimum atomic E-state index is -0.0360. The van der Waals surface area contributed by atoms with Gasteiger partial charge in [0.15, 0.2) is 0 Å². The van der Waals surface area contributed by atoms with Gasteiger partial charge in [-0.25, -0.2) is 0 Å². The number of hydrogen-bond donors (Lipinski definition) is 1. The monoisotopic (exact) mass is 418 g/mol. The van der Waals surface area contributed by atoms with E-state index in [1.165, 1.54) is 5.56 Å². The van der Waals surface area contributed by atoms with Crippen molar-refractivity contribution in [2.45, 2.75) is 6.92 Å². The van der Waals surface area contributed by atoms with Crippen LogP contribution in [-0.4, -0.2) is 19.5 Å². The van der Waals surface area contributed by atoms with Gasteiger partial charge in [0, 0.05) is 0 Å². The van der Waals surface area contributed by atoms with Crippen LogP contribution in [0.2, 0.25) is 0 Å². The molecule has 0 amide bonds. The summed E-state index contributed by atoms with van der Waals surface area (Å²) in [6, 6.07) is 28.2. The third kappa shape index (κ3) is 4.22. The van der Waals surface area contributed by atoms with Crippen LogP contribution < -0.4 is 5.32 Å². The van der Waals surface area contributed by atoms with Gasteiger partial charge in [-0.3, -0.25) is 0 Å². The molecule has 0 aliphatic rings. The Morgan fingerprint density at radius 3 is 2.19 bits per heavy atom. The van der Waals surface area contributed by atoms with E-state index in [-0.39, 0.29) is 14.5 Å². The summed E-state index contributed by atoms with van der Waals surface area (Å²) in [4.78, 5) is 4.85. The van der Waals surface area contributed by atoms with Crippen LogP contribution in [0.4, 0.5) is 20.6 Å². The zero-order valence-corrected chi connectivity index (χ0v) is 16.5. The van der Waals surface area contributed by atoms with E-state index >= 15 is 0 Å². The maximum atomic E-state index is 4.85. The van der Waals surface area contributed by atoms with E-state index in [4.69, 9.17) is 4.98 Å². The number of aromatic nitrogens is 1. The average Bonchev–Trinajstić information content (AvgIpc) is 3.12. The first kappa shape index (κ1) is 17.4. The van der Waals surface area contributed by atoms with E-state index < -0.39 is 0 Å². The van der Waals surface area contributed by atoms with Crippen molar-refractivity contribution in [3.63, 3.8) is 0 Å². The Morgan fingerprint density at radius 2 is 1.44 bits per heavy atom. The summed E-state index contributed by atoms with van der Waals surface area (Å²) in [7, 11) is 0. The molecule has 0 unspecified atom stereocenters. The molecule has 0 radical (unpaired) electrons. The summed E-state index contributed by atoms with van der Waals surface area (Å²) in [5, 5.41) is 12.4. The van der Waals surface area contributed by atoms with Crippen molar-refractivity contribution in [1.82, 2.24) is 4.98 Å². The molecule has 0 spiro atoms. The van der Waals surface area contributed by atoms with Crippen LogP contribution in [0, 0.1) is 6.92 Å². The quantitative estimate of drug-likeness (QED) is 0.307. The third-order valence-electron chi connectivity index (χ3n) is 4.06. The van der Waals surface area contributed by atoms with Gasteiger partial charge in [-0.15, -0.1) is 0 Å². The molecular weight excluding hydrogens is 399 g/mol. The van der Waals surface area contributed by atoms with Crippen LogP contribution in [-0.2, 0) is 0 Å². The first-order valence-electron chi connectivity index (χ1n) is 8.65. The molecule has 0 aliphatic carbocycles. The van der Waals surface area contributed by atoms with E-state index in [9.17, 15) is 0 Å². The van der Waals surface area contributed by atoms with Gasteiger partial charge < -0.3 is 0 Å². The molecule has 132 valence electrons. The number of nitrogens with zero attached hydrogens (tertiary/aromatic N) is 3. The van der Waals surface area contributed by atoms with Gasteiger partial charge in [-0.2, -0.15) is 0 Å². The van der Waals surface area contributed by atoms with Crippen molar-refractivity contribution in [1.29, 1.82) is 0 Å². The molecule has 0 fully saturated rings. The van der Waals surface area contributed by atoms with Gasteiger partial charge in [0.25, 0.3) is 0 Å². The summed E-state index contributed by atoms with van der Waals surface area (Å²) >= 11 is -0.0360. The number of benzene rings is 3. The van der Waals surface area contributed by atoms with Gasteiger partial charge in [0.2, 0.25) is 0 Å². The fourth-order valence-electron chi connectivity index (χ4n) is 2.64. The van der Waals surface area contributed by atoms with E-state index in [0.29, 0.717) is 0 Å². The van der Waals surface area contributed by atoms with E-state index in [1.54, 1.807) is 0 Å². The number of anilines is 2. The van der Waals surface area contributed by atoms with Gasteiger partial charge in [0.1, 0.15) is 0 Å². The number of azo groups is 1. The summed E-state index contributed by atoms with van der Waals surface area (Å²) in [5.41, 5.74) is 5.06. The van der Waals surface area contributed by atoms with Crippen LogP contribution >= 0.6 is 0 Å². The predicted octanol–water partition coefficient (Wildman–Crippen LogP) is 6.27. The molecule has 1 heterocycles. The van der Waals surface area contributed by atoms with E-state index in [2.05, 4.69) is 46.7 Å². The first-order chi connectivity index (χ1) is 13.3. The number of para-hydroxylation sites is 1. The van der Waals surface area contributed by atoms with E-state index in [1.807, 2.05) is 60.7 Å². The number of aryl methyl sites for hydroxylation is 1. The van der Waals surface area contributed by atoms with E-state index in [0.717, 1.165) is 31.9 Å². The fraction of sp³-hybridized carbons (Fsp3) is 0.0455. The van der Waals surface area contributed by atoms with Crippen LogP contribution in [0.5, 0.6) is 0 Å². The zero-order valence-electron chi connectivity index (χ0n) is 14.8. The molecule has 0 saturated carbocycles.